The van der Waals surface area contributed by atoms with Crippen molar-refractivity contribution in [1.29, 1.82) is 0 Å². The summed E-state index contributed by atoms with van der Waals surface area (Å²) in [5, 5.41) is 9.25. The Balaban J connectivity index is 1.57. The SMILES string of the molecule is O=C(O)CC(CN1CCCCC1)C(=O)N1CCN(c2ccccc2)CC1. The smallest absolute Gasteiger partial charge is 0.304 e. The number of carbonyl (C=O) groups is 2. The number of piperidine rings is 1. The lowest BCUT2D eigenvalue weighted by Gasteiger charge is -2.38. The summed E-state index contributed by atoms with van der Waals surface area (Å²) < 4.78 is 0. The van der Waals surface area contributed by atoms with Crippen molar-refractivity contribution in [3.05, 3.63) is 30.3 Å². The van der Waals surface area contributed by atoms with E-state index in [1.54, 1.807) is 0 Å². The zero-order valence-corrected chi connectivity index (χ0v) is 15.3. The molecule has 6 heteroatoms. The summed E-state index contributed by atoms with van der Waals surface area (Å²) in [6, 6.07) is 10.2. The Kier molecular flexibility index (Phi) is 6.50. The minimum absolute atomic E-state index is 0.00526. The van der Waals surface area contributed by atoms with Gasteiger partial charge in [0.2, 0.25) is 5.91 Å². The average molecular weight is 359 g/mol. The molecule has 2 heterocycles. The number of rotatable bonds is 6. The molecular weight excluding hydrogens is 330 g/mol. The summed E-state index contributed by atoms with van der Waals surface area (Å²) in [4.78, 5) is 30.6. The first-order valence-electron chi connectivity index (χ1n) is 9.66. The van der Waals surface area contributed by atoms with Crippen molar-refractivity contribution in [1.82, 2.24) is 9.80 Å². The minimum atomic E-state index is -0.886. The molecule has 0 spiro atoms. The fraction of sp³-hybridized carbons (Fsp3) is 0.600. The standard InChI is InChI=1S/C20H29N3O3/c24-19(25)15-17(16-21-9-5-2-6-10-21)20(26)23-13-11-22(12-14-23)18-7-3-1-4-8-18/h1,3-4,7-8,17H,2,5-6,9-16H2,(H,24,25). The fourth-order valence-corrected chi connectivity index (χ4v) is 3.98. The van der Waals surface area contributed by atoms with E-state index in [0.29, 0.717) is 19.6 Å². The van der Waals surface area contributed by atoms with Crippen molar-refractivity contribution in [3.63, 3.8) is 0 Å². The van der Waals surface area contributed by atoms with E-state index in [9.17, 15) is 14.7 Å². The van der Waals surface area contributed by atoms with Crippen molar-refractivity contribution in [3.8, 4) is 0 Å². The summed E-state index contributed by atoms with van der Waals surface area (Å²) in [6.07, 6.45) is 3.44. The molecular formula is C20H29N3O3. The quantitative estimate of drug-likeness (QED) is 0.841. The number of hydrogen-bond acceptors (Lipinski definition) is 4. The van der Waals surface area contributed by atoms with Gasteiger partial charge in [0.25, 0.3) is 0 Å². The number of aliphatic carboxylic acids is 1. The molecule has 1 atom stereocenters. The van der Waals surface area contributed by atoms with Crippen LogP contribution in [0.5, 0.6) is 0 Å². The van der Waals surface area contributed by atoms with Crippen molar-refractivity contribution in [2.24, 2.45) is 5.92 Å². The van der Waals surface area contributed by atoms with Crippen molar-refractivity contribution in [2.75, 3.05) is 50.7 Å². The highest BCUT2D eigenvalue weighted by Gasteiger charge is 2.30. The van der Waals surface area contributed by atoms with Crippen LogP contribution >= 0.6 is 0 Å². The molecule has 2 fully saturated rings. The van der Waals surface area contributed by atoms with Gasteiger partial charge in [-0.05, 0) is 38.1 Å². The highest BCUT2D eigenvalue weighted by Crippen LogP contribution is 2.19. The number of anilines is 1. The summed E-state index contributed by atoms with van der Waals surface area (Å²) in [7, 11) is 0. The average Bonchev–Trinajstić information content (AvgIpc) is 2.68. The second-order valence-corrected chi connectivity index (χ2v) is 7.30. The molecule has 1 unspecified atom stereocenters. The molecule has 0 saturated carbocycles. The van der Waals surface area contributed by atoms with Crippen molar-refractivity contribution >= 4 is 17.6 Å². The molecule has 2 aliphatic rings. The summed E-state index contributed by atoms with van der Waals surface area (Å²) in [5.41, 5.74) is 1.18. The topological polar surface area (TPSA) is 64.1 Å². The molecule has 1 amide bonds. The van der Waals surface area contributed by atoms with Crippen LogP contribution in [0.1, 0.15) is 25.7 Å². The van der Waals surface area contributed by atoms with Gasteiger partial charge in [-0.15, -0.1) is 0 Å². The molecule has 1 aromatic rings. The number of amides is 1. The van der Waals surface area contributed by atoms with Crippen LogP contribution in [-0.4, -0.2) is 72.6 Å². The van der Waals surface area contributed by atoms with E-state index in [1.165, 1.54) is 12.1 Å². The first-order valence-corrected chi connectivity index (χ1v) is 9.66. The normalized spacial score (nSPS) is 20.0. The number of carboxylic acid groups (broad SMARTS) is 1. The number of para-hydroxylation sites is 1. The number of piperazine rings is 1. The summed E-state index contributed by atoms with van der Waals surface area (Å²) in [5.74, 6) is -1.32. The maximum Gasteiger partial charge on any atom is 0.304 e. The van der Waals surface area contributed by atoms with Crippen LogP contribution in [0.3, 0.4) is 0 Å². The lowest BCUT2D eigenvalue weighted by Crippen LogP contribution is -2.52. The van der Waals surface area contributed by atoms with Crippen LogP contribution in [0.4, 0.5) is 5.69 Å². The van der Waals surface area contributed by atoms with Crippen molar-refractivity contribution < 1.29 is 14.7 Å². The van der Waals surface area contributed by atoms with E-state index >= 15 is 0 Å². The lowest BCUT2D eigenvalue weighted by molar-refractivity contribution is -0.145. The Bertz CT molecular complexity index is 594. The number of hydrogen-bond donors (Lipinski definition) is 1. The molecule has 1 aromatic carbocycles. The second kappa shape index (κ2) is 9.03. The van der Waals surface area contributed by atoms with Gasteiger partial charge in [-0.25, -0.2) is 0 Å². The molecule has 0 bridgehead atoms. The third-order valence-electron chi connectivity index (χ3n) is 5.41. The molecule has 2 aliphatic heterocycles. The maximum atomic E-state index is 13.0. The van der Waals surface area contributed by atoms with Crippen LogP contribution in [0.2, 0.25) is 0 Å². The van der Waals surface area contributed by atoms with Gasteiger partial charge < -0.3 is 19.8 Å². The Morgan fingerprint density at radius 2 is 1.58 bits per heavy atom. The molecule has 0 aromatic heterocycles. The zero-order valence-electron chi connectivity index (χ0n) is 15.3. The number of carbonyl (C=O) groups excluding carboxylic acids is 1. The van der Waals surface area contributed by atoms with Gasteiger partial charge in [0.05, 0.1) is 12.3 Å². The first-order chi connectivity index (χ1) is 12.6. The van der Waals surface area contributed by atoms with Crippen LogP contribution in [0, 0.1) is 5.92 Å². The Hall–Kier alpha value is -2.08. The van der Waals surface area contributed by atoms with Crippen LogP contribution in [0.15, 0.2) is 30.3 Å². The molecule has 1 N–H and O–H groups in total. The molecule has 26 heavy (non-hydrogen) atoms. The van der Waals surface area contributed by atoms with Gasteiger partial charge in [-0.1, -0.05) is 24.6 Å². The monoisotopic (exact) mass is 359 g/mol. The number of benzene rings is 1. The van der Waals surface area contributed by atoms with E-state index in [0.717, 1.165) is 39.0 Å². The Morgan fingerprint density at radius 3 is 2.19 bits per heavy atom. The van der Waals surface area contributed by atoms with Crippen LogP contribution in [0.25, 0.3) is 0 Å². The number of carboxylic acids is 1. The predicted octanol–water partition coefficient (Wildman–Crippen LogP) is 1.91. The minimum Gasteiger partial charge on any atom is -0.481 e. The third-order valence-corrected chi connectivity index (χ3v) is 5.41. The van der Waals surface area contributed by atoms with Gasteiger partial charge >= 0.3 is 5.97 Å². The van der Waals surface area contributed by atoms with E-state index < -0.39 is 11.9 Å². The molecule has 6 nitrogen and oxygen atoms in total. The fourth-order valence-electron chi connectivity index (χ4n) is 3.98. The van der Waals surface area contributed by atoms with Crippen LogP contribution in [-0.2, 0) is 9.59 Å². The largest absolute Gasteiger partial charge is 0.481 e. The third kappa shape index (κ3) is 4.97. The predicted molar refractivity (Wildman–Crippen MR) is 101 cm³/mol. The van der Waals surface area contributed by atoms with E-state index in [-0.39, 0.29) is 12.3 Å². The lowest BCUT2D eigenvalue weighted by atomic mass is 10.0. The number of likely N-dealkylation sites (tertiary alicyclic amines) is 1. The molecule has 142 valence electrons. The van der Waals surface area contributed by atoms with Crippen LogP contribution < -0.4 is 4.90 Å². The second-order valence-electron chi connectivity index (χ2n) is 7.30. The first kappa shape index (κ1) is 18.7. The van der Waals surface area contributed by atoms with Crippen molar-refractivity contribution in [2.45, 2.75) is 25.7 Å². The Morgan fingerprint density at radius 1 is 0.923 bits per heavy atom. The zero-order chi connectivity index (χ0) is 18.4. The van der Waals surface area contributed by atoms with Gasteiger partial charge in [0.1, 0.15) is 0 Å². The van der Waals surface area contributed by atoms with Gasteiger partial charge in [-0.3, -0.25) is 9.59 Å². The number of nitrogens with zero attached hydrogens (tertiary/aromatic N) is 3. The molecule has 2 saturated heterocycles. The summed E-state index contributed by atoms with van der Waals surface area (Å²) >= 11 is 0. The maximum absolute atomic E-state index is 13.0. The van der Waals surface area contributed by atoms with Gasteiger partial charge in [0, 0.05) is 38.4 Å². The van der Waals surface area contributed by atoms with E-state index in [4.69, 9.17) is 0 Å². The van der Waals surface area contributed by atoms with E-state index in [2.05, 4.69) is 21.9 Å². The molecule has 0 radical (unpaired) electrons. The highest BCUT2D eigenvalue weighted by molar-refractivity contribution is 5.83. The molecule has 3 rings (SSSR count). The van der Waals surface area contributed by atoms with Gasteiger partial charge in [-0.2, -0.15) is 0 Å². The highest BCUT2D eigenvalue weighted by atomic mass is 16.4. The summed E-state index contributed by atoms with van der Waals surface area (Å²) in [6.45, 7) is 5.42. The van der Waals surface area contributed by atoms with E-state index in [1.807, 2.05) is 23.1 Å². The Labute approximate surface area is 155 Å². The molecule has 0 aliphatic carbocycles. The van der Waals surface area contributed by atoms with Gasteiger partial charge in [0.15, 0.2) is 0 Å².